The zero-order valence-corrected chi connectivity index (χ0v) is 8.69. The third-order valence-electron chi connectivity index (χ3n) is 2.87. The highest BCUT2D eigenvalue weighted by Gasteiger charge is 2.35. The van der Waals surface area contributed by atoms with Crippen molar-refractivity contribution >= 4 is 18.3 Å². The number of nitrogens with one attached hydrogen (secondary N) is 2. The minimum Gasteiger partial charge on any atom is -0.353 e. The molecule has 2 aliphatic rings. The van der Waals surface area contributed by atoms with Gasteiger partial charge in [0.25, 0.3) is 0 Å². The van der Waals surface area contributed by atoms with Crippen LogP contribution in [0.4, 0.5) is 0 Å². The maximum Gasteiger partial charge on any atom is 0.224 e. The van der Waals surface area contributed by atoms with Crippen LogP contribution in [0.2, 0.25) is 0 Å². The molecule has 2 N–H and O–H groups in total. The van der Waals surface area contributed by atoms with Crippen LogP contribution < -0.4 is 10.6 Å². The van der Waals surface area contributed by atoms with Gasteiger partial charge in [0.05, 0.1) is 5.92 Å². The standard InChI is InChI=1S/C9H16N2O.ClH/c1-6-4-8(6)11-9(12)7-2-3-10-5-7;/h6-8,10H,2-5H2,1H3,(H,11,12);1H/t6?,7-,8?;/m1./s1. The van der Waals surface area contributed by atoms with Gasteiger partial charge in [0.15, 0.2) is 0 Å². The number of rotatable bonds is 2. The SMILES string of the molecule is CC1CC1NC(=O)[C@@H]1CCNC1.Cl. The zero-order valence-electron chi connectivity index (χ0n) is 7.88. The summed E-state index contributed by atoms with van der Waals surface area (Å²) < 4.78 is 0. The second-order valence-corrected chi connectivity index (χ2v) is 4.02. The van der Waals surface area contributed by atoms with Gasteiger partial charge in [0.1, 0.15) is 0 Å². The molecule has 1 aliphatic carbocycles. The Morgan fingerprint density at radius 3 is 2.69 bits per heavy atom. The molecule has 2 rings (SSSR count). The molecule has 1 heterocycles. The minimum atomic E-state index is 0. The number of carbonyl (C=O) groups is 1. The molecule has 1 saturated carbocycles. The molecule has 3 atom stereocenters. The quantitative estimate of drug-likeness (QED) is 0.690. The highest BCUT2D eigenvalue weighted by atomic mass is 35.5. The Hall–Kier alpha value is -0.280. The van der Waals surface area contributed by atoms with Crippen molar-refractivity contribution in [3.8, 4) is 0 Å². The zero-order chi connectivity index (χ0) is 8.55. The lowest BCUT2D eigenvalue weighted by Gasteiger charge is -2.08. The van der Waals surface area contributed by atoms with Gasteiger partial charge in [0.2, 0.25) is 5.91 Å². The lowest BCUT2D eigenvalue weighted by molar-refractivity contribution is -0.124. The Labute approximate surface area is 85.1 Å². The predicted molar refractivity (Wildman–Crippen MR) is 53.9 cm³/mol. The van der Waals surface area contributed by atoms with E-state index < -0.39 is 0 Å². The Morgan fingerprint density at radius 1 is 1.54 bits per heavy atom. The second kappa shape index (κ2) is 4.29. The van der Waals surface area contributed by atoms with Crippen LogP contribution in [0, 0.1) is 11.8 Å². The molecule has 0 bridgehead atoms. The van der Waals surface area contributed by atoms with E-state index in [0.717, 1.165) is 19.5 Å². The molecule has 0 aromatic rings. The first-order chi connectivity index (χ1) is 5.77. The summed E-state index contributed by atoms with van der Waals surface area (Å²) in [5, 5.41) is 6.26. The van der Waals surface area contributed by atoms with E-state index in [1.54, 1.807) is 0 Å². The van der Waals surface area contributed by atoms with Gasteiger partial charge in [-0.15, -0.1) is 12.4 Å². The molecular formula is C9H17ClN2O. The van der Waals surface area contributed by atoms with Crippen LogP contribution in [-0.4, -0.2) is 25.0 Å². The van der Waals surface area contributed by atoms with Crippen molar-refractivity contribution < 1.29 is 4.79 Å². The highest BCUT2D eigenvalue weighted by molar-refractivity contribution is 5.85. The summed E-state index contributed by atoms with van der Waals surface area (Å²) >= 11 is 0. The fraction of sp³-hybridized carbons (Fsp3) is 0.889. The molecule has 13 heavy (non-hydrogen) atoms. The first kappa shape index (κ1) is 10.8. The van der Waals surface area contributed by atoms with Crippen molar-refractivity contribution in [1.82, 2.24) is 10.6 Å². The first-order valence-corrected chi connectivity index (χ1v) is 4.78. The maximum atomic E-state index is 11.5. The van der Waals surface area contributed by atoms with Gasteiger partial charge in [-0.25, -0.2) is 0 Å². The van der Waals surface area contributed by atoms with E-state index in [0.29, 0.717) is 12.0 Å². The highest BCUT2D eigenvalue weighted by Crippen LogP contribution is 2.29. The molecule has 3 nitrogen and oxygen atoms in total. The van der Waals surface area contributed by atoms with E-state index in [1.807, 2.05) is 0 Å². The van der Waals surface area contributed by atoms with E-state index in [9.17, 15) is 4.79 Å². The van der Waals surface area contributed by atoms with E-state index in [2.05, 4.69) is 17.6 Å². The van der Waals surface area contributed by atoms with E-state index in [-0.39, 0.29) is 24.2 Å². The minimum absolute atomic E-state index is 0. The van der Waals surface area contributed by atoms with Crippen molar-refractivity contribution in [2.45, 2.75) is 25.8 Å². The Balaban J connectivity index is 0.000000845. The monoisotopic (exact) mass is 204 g/mol. The number of hydrogen-bond acceptors (Lipinski definition) is 2. The van der Waals surface area contributed by atoms with Crippen LogP contribution in [0.15, 0.2) is 0 Å². The van der Waals surface area contributed by atoms with Gasteiger partial charge >= 0.3 is 0 Å². The lowest BCUT2D eigenvalue weighted by Crippen LogP contribution is -2.34. The molecule has 0 aromatic carbocycles. The molecule has 2 fully saturated rings. The van der Waals surface area contributed by atoms with Gasteiger partial charge in [-0.1, -0.05) is 6.92 Å². The summed E-state index contributed by atoms with van der Waals surface area (Å²) in [6.45, 7) is 4.04. The molecule has 0 radical (unpaired) electrons. The number of halogens is 1. The Bertz CT molecular complexity index is 192. The van der Waals surface area contributed by atoms with Crippen LogP contribution in [0.1, 0.15) is 19.8 Å². The van der Waals surface area contributed by atoms with Crippen molar-refractivity contribution in [1.29, 1.82) is 0 Å². The van der Waals surface area contributed by atoms with Gasteiger partial charge < -0.3 is 10.6 Å². The summed E-state index contributed by atoms with van der Waals surface area (Å²) in [6, 6.07) is 0.484. The van der Waals surface area contributed by atoms with Gasteiger partial charge in [-0.2, -0.15) is 0 Å². The number of amides is 1. The molecule has 76 valence electrons. The third kappa shape index (κ3) is 2.58. The van der Waals surface area contributed by atoms with E-state index in [4.69, 9.17) is 0 Å². The molecule has 1 aliphatic heterocycles. The molecule has 1 saturated heterocycles. The third-order valence-corrected chi connectivity index (χ3v) is 2.87. The number of hydrogen-bond donors (Lipinski definition) is 2. The fourth-order valence-corrected chi connectivity index (χ4v) is 1.70. The summed E-state index contributed by atoms with van der Waals surface area (Å²) in [6.07, 6.45) is 2.18. The van der Waals surface area contributed by atoms with Crippen molar-refractivity contribution in [2.75, 3.05) is 13.1 Å². The van der Waals surface area contributed by atoms with Gasteiger partial charge in [-0.05, 0) is 25.3 Å². The van der Waals surface area contributed by atoms with Crippen LogP contribution in [-0.2, 0) is 4.79 Å². The molecule has 1 amide bonds. The summed E-state index contributed by atoms with van der Waals surface area (Å²) in [7, 11) is 0. The predicted octanol–water partition coefficient (Wildman–Crippen LogP) is 0.542. The van der Waals surface area contributed by atoms with Crippen molar-refractivity contribution in [3.63, 3.8) is 0 Å². The molecular weight excluding hydrogens is 188 g/mol. The van der Waals surface area contributed by atoms with E-state index >= 15 is 0 Å². The number of carbonyl (C=O) groups excluding carboxylic acids is 1. The molecule has 0 spiro atoms. The van der Waals surface area contributed by atoms with Crippen LogP contribution >= 0.6 is 12.4 Å². The molecule has 4 heteroatoms. The van der Waals surface area contributed by atoms with Gasteiger partial charge in [0, 0.05) is 12.6 Å². The normalized spacial score (nSPS) is 36.5. The van der Waals surface area contributed by atoms with Crippen molar-refractivity contribution in [3.05, 3.63) is 0 Å². The largest absolute Gasteiger partial charge is 0.353 e. The van der Waals surface area contributed by atoms with Gasteiger partial charge in [-0.3, -0.25) is 4.79 Å². The summed E-state index contributed by atoms with van der Waals surface area (Å²) in [5.74, 6) is 1.20. The van der Waals surface area contributed by atoms with Crippen molar-refractivity contribution in [2.24, 2.45) is 11.8 Å². The molecule has 2 unspecified atom stereocenters. The fourth-order valence-electron chi connectivity index (χ4n) is 1.70. The Kier molecular flexibility index (Phi) is 3.56. The second-order valence-electron chi connectivity index (χ2n) is 4.02. The Morgan fingerprint density at radius 2 is 2.23 bits per heavy atom. The van der Waals surface area contributed by atoms with E-state index in [1.165, 1.54) is 6.42 Å². The topological polar surface area (TPSA) is 41.1 Å². The molecule has 0 aromatic heterocycles. The average molecular weight is 205 g/mol. The smallest absolute Gasteiger partial charge is 0.224 e. The maximum absolute atomic E-state index is 11.5. The summed E-state index contributed by atoms with van der Waals surface area (Å²) in [5.41, 5.74) is 0. The first-order valence-electron chi connectivity index (χ1n) is 4.78. The average Bonchev–Trinajstić information content (AvgIpc) is 2.58. The van der Waals surface area contributed by atoms with Crippen LogP contribution in [0.25, 0.3) is 0 Å². The van der Waals surface area contributed by atoms with Crippen LogP contribution in [0.5, 0.6) is 0 Å². The van der Waals surface area contributed by atoms with Crippen LogP contribution in [0.3, 0.4) is 0 Å². The summed E-state index contributed by atoms with van der Waals surface area (Å²) in [4.78, 5) is 11.5. The lowest BCUT2D eigenvalue weighted by atomic mass is 10.1.